The van der Waals surface area contributed by atoms with Gasteiger partial charge in [0.25, 0.3) is 0 Å². The fourth-order valence-electron chi connectivity index (χ4n) is 2.01. The Labute approximate surface area is 111 Å². The van der Waals surface area contributed by atoms with Crippen LogP contribution in [0.2, 0.25) is 0 Å². The first-order valence-corrected chi connectivity index (χ1v) is 7.23. The van der Waals surface area contributed by atoms with Crippen LogP contribution in [0, 0.1) is 11.8 Å². The molecule has 2 nitrogen and oxygen atoms in total. The number of rotatable bonds is 5. The number of carbonyl (C=O) groups is 1. The quantitative estimate of drug-likeness (QED) is 0.832. The molecule has 3 heteroatoms. The highest BCUT2D eigenvalue weighted by Gasteiger charge is 2.43. The van der Waals surface area contributed by atoms with Gasteiger partial charge in [-0.25, -0.2) is 0 Å². The van der Waals surface area contributed by atoms with Gasteiger partial charge in [-0.15, -0.1) is 0 Å². The van der Waals surface area contributed by atoms with Gasteiger partial charge in [-0.1, -0.05) is 53.2 Å². The molecule has 0 aliphatic heterocycles. The zero-order valence-corrected chi connectivity index (χ0v) is 11.6. The van der Waals surface area contributed by atoms with Crippen molar-refractivity contribution in [3.63, 3.8) is 0 Å². The summed E-state index contributed by atoms with van der Waals surface area (Å²) in [6, 6.07) is 10.3. The average molecular weight is 296 g/mol. The second kappa shape index (κ2) is 5.67. The molecule has 0 spiro atoms. The van der Waals surface area contributed by atoms with Gasteiger partial charge in [-0.2, -0.15) is 0 Å². The van der Waals surface area contributed by atoms with Crippen LogP contribution in [0.4, 0.5) is 0 Å². The molecule has 1 amide bonds. The molecule has 1 saturated carbocycles. The van der Waals surface area contributed by atoms with Crippen molar-refractivity contribution >= 4 is 21.8 Å². The number of halogens is 1. The Balaban J connectivity index is 1.81. The minimum Gasteiger partial charge on any atom is -0.356 e. The normalized spacial score (nSPS) is 24.1. The Hall–Kier alpha value is -0.830. The van der Waals surface area contributed by atoms with Crippen LogP contribution in [0.3, 0.4) is 0 Å². The number of nitrogens with one attached hydrogen (secondary N) is 1. The van der Waals surface area contributed by atoms with Crippen molar-refractivity contribution in [1.29, 1.82) is 0 Å². The summed E-state index contributed by atoms with van der Waals surface area (Å²) >= 11 is 3.41. The fourth-order valence-corrected chi connectivity index (χ4v) is 2.24. The van der Waals surface area contributed by atoms with E-state index in [1.807, 2.05) is 18.2 Å². The van der Waals surface area contributed by atoms with Crippen LogP contribution in [0.25, 0.3) is 0 Å². The minimum atomic E-state index is 0.194. The highest BCUT2D eigenvalue weighted by Crippen LogP contribution is 2.47. The molecule has 92 valence electrons. The third-order valence-corrected chi connectivity index (χ3v) is 4.35. The lowest BCUT2D eigenvalue weighted by Crippen LogP contribution is -2.30. The Morgan fingerprint density at radius 3 is 2.82 bits per heavy atom. The van der Waals surface area contributed by atoms with Crippen molar-refractivity contribution < 1.29 is 4.79 Å². The summed E-state index contributed by atoms with van der Waals surface area (Å²) in [6.45, 7) is 2.89. The Morgan fingerprint density at radius 1 is 1.47 bits per heavy atom. The van der Waals surface area contributed by atoms with Crippen LogP contribution in [-0.2, 0) is 4.79 Å². The maximum absolute atomic E-state index is 11.9. The number of benzene rings is 1. The van der Waals surface area contributed by atoms with E-state index in [0.29, 0.717) is 11.8 Å². The maximum atomic E-state index is 11.9. The van der Waals surface area contributed by atoms with Crippen molar-refractivity contribution in [2.45, 2.75) is 19.3 Å². The first kappa shape index (κ1) is 12.6. The van der Waals surface area contributed by atoms with Gasteiger partial charge in [0.05, 0.1) is 0 Å². The molecule has 0 heterocycles. The van der Waals surface area contributed by atoms with Crippen molar-refractivity contribution in [2.24, 2.45) is 11.8 Å². The second-order valence-corrected chi connectivity index (χ2v) is 5.51. The van der Waals surface area contributed by atoms with E-state index >= 15 is 0 Å². The predicted octanol–water partition coefficient (Wildman–Crippen LogP) is 2.94. The molecule has 1 aliphatic rings. The van der Waals surface area contributed by atoms with Crippen LogP contribution >= 0.6 is 15.9 Å². The Morgan fingerprint density at radius 2 is 2.18 bits per heavy atom. The van der Waals surface area contributed by atoms with E-state index in [0.717, 1.165) is 18.3 Å². The predicted molar refractivity (Wildman–Crippen MR) is 73.3 cm³/mol. The number of hydrogen-bond donors (Lipinski definition) is 1. The summed E-state index contributed by atoms with van der Waals surface area (Å²) in [4.78, 5) is 11.9. The molecule has 1 fully saturated rings. The lowest BCUT2D eigenvalue weighted by Gasteiger charge is -2.09. The average Bonchev–Trinajstić information content (AvgIpc) is 3.17. The smallest absolute Gasteiger partial charge is 0.223 e. The van der Waals surface area contributed by atoms with Crippen molar-refractivity contribution in [2.75, 3.05) is 11.9 Å². The van der Waals surface area contributed by atoms with E-state index < -0.39 is 0 Å². The van der Waals surface area contributed by atoms with E-state index in [-0.39, 0.29) is 11.8 Å². The first-order valence-electron chi connectivity index (χ1n) is 6.11. The Kier molecular flexibility index (Phi) is 4.21. The fraction of sp³-hybridized carbons (Fsp3) is 0.500. The van der Waals surface area contributed by atoms with Gasteiger partial charge in [0, 0.05) is 17.8 Å². The second-order valence-electron chi connectivity index (χ2n) is 4.86. The van der Waals surface area contributed by atoms with Crippen LogP contribution in [-0.4, -0.2) is 17.8 Å². The molecule has 2 rings (SSSR count). The molecule has 3 unspecified atom stereocenters. The van der Waals surface area contributed by atoms with Crippen LogP contribution in [0.1, 0.15) is 24.8 Å². The lowest BCUT2D eigenvalue weighted by atomic mass is 10.1. The molecule has 1 N–H and O–H groups in total. The van der Waals surface area contributed by atoms with Gasteiger partial charge >= 0.3 is 0 Å². The Bertz CT molecular complexity index is 379. The number of hydrogen-bond acceptors (Lipinski definition) is 1. The van der Waals surface area contributed by atoms with Gasteiger partial charge in [0.1, 0.15) is 0 Å². The van der Waals surface area contributed by atoms with Crippen molar-refractivity contribution in [1.82, 2.24) is 5.32 Å². The summed E-state index contributed by atoms with van der Waals surface area (Å²) in [5.41, 5.74) is 1.29. The minimum absolute atomic E-state index is 0.194. The molecule has 17 heavy (non-hydrogen) atoms. The highest BCUT2D eigenvalue weighted by molar-refractivity contribution is 9.09. The maximum Gasteiger partial charge on any atom is 0.223 e. The van der Waals surface area contributed by atoms with Gasteiger partial charge in [0.15, 0.2) is 0 Å². The lowest BCUT2D eigenvalue weighted by molar-refractivity contribution is -0.122. The van der Waals surface area contributed by atoms with Gasteiger partial charge in [-0.05, 0) is 23.8 Å². The molecule has 3 atom stereocenters. The van der Waals surface area contributed by atoms with E-state index in [1.165, 1.54) is 5.56 Å². The standard InChI is InChI=1S/C14H18BrNO/c1-10(8-15)9-16-14(17)13-7-12(13)11-5-3-2-4-6-11/h2-6,10,12-13H,7-9H2,1H3,(H,16,17). The molecular weight excluding hydrogens is 278 g/mol. The molecule has 1 aliphatic carbocycles. The molecule has 1 aromatic carbocycles. The van der Waals surface area contributed by atoms with Crippen LogP contribution in [0.15, 0.2) is 30.3 Å². The third kappa shape index (κ3) is 3.32. The van der Waals surface area contributed by atoms with Crippen molar-refractivity contribution in [3.05, 3.63) is 35.9 Å². The van der Waals surface area contributed by atoms with Gasteiger partial charge < -0.3 is 5.32 Å². The van der Waals surface area contributed by atoms with E-state index in [1.54, 1.807) is 0 Å². The zero-order chi connectivity index (χ0) is 12.3. The van der Waals surface area contributed by atoms with Gasteiger partial charge in [0.2, 0.25) is 5.91 Å². The van der Waals surface area contributed by atoms with Crippen molar-refractivity contribution in [3.8, 4) is 0 Å². The monoisotopic (exact) mass is 295 g/mol. The summed E-state index contributed by atoms with van der Waals surface area (Å²) < 4.78 is 0. The molecule has 0 saturated heterocycles. The number of carbonyl (C=O) groups excluding carboxylic acids is 1. The van der Waals surface area contributed by atoms with Crippen LogP contribution < -0.4 is 5.32 Å². The first-order chi connectivity index (χ1) is 8.22. The number of amides is 1. The third-order valence-electron chi connectivity index (χ3n) is 3.24. The number of alkyl halides is 1. The van der Waals surface area contributed by atoms with E-state index in [4.69, 9.17) is 0 Å². The summed E-state index contributed by atoms with van der Waals surface area (Å²) in [6.07, 6.45) is 0.999. The van der Waals surface area contributed by atoms with Gasteiger partial charge in [-0.3, -0.25) is 4.79 Å². The molecule has 0 aromatic heterocycles. The largest absolute Gasteiger partial charge is 0.356 e. The SMILES string of the molecule is CC(CBr)CNC(=O)C1CC1c1ccccc1. The highest BCUT2D eigenvalue weighted by atomic mass is 79.9. The topological polar surface area (TPSA) is 29.1 Å². The molecule has 0 bridgehead atoms. The molecule has 1 aromatic rings. The zero-order valence-electron chi connectivity index (χ0n) is 10.0. The summed E-state index contributed by atoms with van der Waals surface area (Å²) in [5.74, 6) is 1.34. The summed E-state index contributed by atoms with van der Waals surface area (Å²) in [5, 5.41) is 3.96. The summed E-state index contributed by atoms with van der Waals surface area (Å²) in [7, 11) is 0. The van der Waals surface area contributed by atoms with E-state index in [9.17, 15) is 4.79 Å². The van der Waals surface area contributed by atoms with Crippen LogP contribution in [0.5, 0.6) is 0 Å². The molecular formula is C14H18BrNO. The molecule has 0 radical (unpaired) electrons. The van der Waals surface area contributed by atoms with E-state index in [2.05, 4.69) is 40.3 Å².